The summed E-state index contributed by atoms with van der Waals surface area (Å²) in [6.07, 6.45) is 0. The maximum absolute atomic E-state index is 6.45. The summed E-state index contributed by atoms with van der Waals surface area (Å²) < 4.78 is 6.34. The summed E-state index contributed by atoms with van der Waals surface area (Å²) in [5.41, 5.74) is 3.44. The second-order valence-corrected chi connectivity index (χ2v) is 6.06. The molecular formula is C17H19BrClNO. The number of halogens is 2. The first-order valence-corrected chi connectivity index (χ1v) is 8.07. The molecule has 0 amide bonds. The van der Waals surface area contributed by atoms with Gasteiger partial charge in [0, 0.05) is 9.50 Å². The number of aryl methyl sites for hydroxylation is 1. The van der Waals surface area contributed by atoms with Crippen LogP contribution in [0, 0.1) is 6.92 Å². The average Bonchev–Trinajstić information content (AvgIpc) is 2.48. The predicted octanol–water partition coefficient (Wildman–Crippen LogP) is 5.12. The van der Waals surface area contributed by atoms with Crippen LogP contribution in [-0.4, -0.2) is 13.7 Å². The van der Waals surface area contributed by atoms with E-state index >= 15 is 0 Å². The smallest absolute Gasteiger partial charge is 0.120 e. The van der Waals surface area contributed by atoms with Crippen LogP contribution in [0.1, 0.15) is 29.7 Å². The van der Waals surface area contributed by atoms with Crippen molar-refractivity contribution in [2.45, 2.75) is 19.9 Å². The monoisotopic (exact) mass is 367 g/mol. The van der Waals surface area contributed by atoms with Gasteiger partial charge < -0.3 is 10.1 Å². The zero-order valence-electron chi connectivity index (χ0n) is 12.4. The summed E-state index contributed by atoms with van der Waals surface area (Å²) in [7, 11) is 1.64. The molecule has 2 nitrogen and oxygen atoms in total. The Bertz CT molecular complexity index is 630. The Morgan fingerprint density at radius 1 is 1.24 bits per heavy atom. The molecule has 21 heavy (non-hydrogen) atoms. The molecule has 1 N–H and O–H groups in total. The van der Waals surface area contributed by atoms with Crippen molar-refractivity contribution < 1.29 is 4.74 Å². The third kappa shape index (κ3) is 3.60. The van der Waals surface area contributed by atoms with Crippen molar-refractivity contribution in [3.63, 3.8) is 0 Å². The first-order valence-electron chi connectivity index (χ1n) is 6.90. The highest BCUT2D eigenvalue weighted by atomic mass is 79.9. The summed E-state index contributed by atoms with van der Waals surface area (Å²) in [6, 6.07) is 12.1. The summed E-state index contributed by atoms with van der Waals surface area (Å²) in [5, 5.41) is 4.21. The Morgan fingerprint density at radius 3 is 2.62 bits per heavy atom. The molecule has 2 aromatic rings. The van der Waals surface area contributed by atoms with Crippen LogP contribution in [0.25, 0.3) is 0 Å². The van der Waals surface area contributed by atoms with Crippen LogP contribution in [-0.2, 0) is 0 Å². The van der Waals surface area contributed by atoms with Crippen LogP contribution in [0.15, 0.2) is 40.9 Å². The first kappa shape index (κ1) is 16.3. The van der Waals surface area contributed by atoms with E-state index in [0.717, 1.165) is 22.3 Å². The molecule has 0 saturated carbocycles. The normalized spacial score (nSPS) is 12.2. The number of nitrogens with one attached hydrogen (secondary N) is 1. The highest BCUT2D eigenvalue weighted by molar-refractivity contribution is 9.10. The fourth-order valence-corrected chi connectivity index (χ4v) is 3.13. The van der Waals surface area contributed by atoms with Crippen molar-refractivity contribution in [2.75, 3.05) is 13.7 Å². The number of benzene rings is 2. The molecule has 0 aromatic heterocycles. The molecule has 0 aliphatic rings. The van der Waals surface area contributed by atoms with Crippen LogP contribution < -0.4 is 10.1 Å². The van der Waals surface area contributed by atoms with E-state index < -0.39 is 0 Å². The number of rotatable bonds is 5. The van der Waals surface area contributed by atoms with E-state index in [-0.39, 0.29) is 6.04 Å². The Morgan fingerprint density at radius 2 is 2.00 bits per heavy atom. The number of methoxy groups -OCH3 is 1. The average molecular weight is 369 g/mol. The summed E-state index contributed by atoms with van der Waals surface area (Å²) >= 11 is 10.1. The third-order valence-electron chi connectivity index (χ3n) is 3.46. The maximum atomic E-state index is 6.45. The molecule has 0 heterocycles. The molecule has 0 radical (unpaired) electrons. The van der Waals surface area contributed by atoms with Crippen molar-refractivity contribution in [1.82, 2.24) is 5.32 Å². The Balaban J connectivity index is 2.51. The quantitative estimate of drug-likeness (QED) is 0.791. The molecular weight excluding hydrogens is 350 g/mol. The fraction of sp³-hybridized carbons (Fsp3) is 0.294. The van der Waals surface area contributed by atoms with E-state index in [4.69, 9.17) is 16.3 Å². The number of hydrogen-bond donors (Lipinski definition) is 1. The van der Waals surface area contributed by atoms with Crippen LogP contribution in [0.3, 0.4) is 0 Å². The minimum absolute atomic E-state index is 0.0441. The lowest BCUT2D eigenvalue weighted by Gasteiger charge is -2.22. The van der Waals surface area contributed by atoms with Crippen molar-refractivity contribution in [3.05, 3.63) is 62.6 Å². The maximum Gasteiger partial charge on any atom is 0.120 e. The minimum atomic E-state index is 0.0441. The van der Waals surface area contributed by atoms with Crippen LogP contribution in [0.2, 0.25) is 5.02 Å². The van der Waals surface area contributed by atoms with E-state index in [9.17, 15) is 0 Å². The molecule has 0 bridgehead atoms. The fourth-order valence-electron chi connectivity index (χ4n) is 2.35. The molecule has 2 rings (SSSR count). The minimum Gasteiger partial charge on any atom is -0.497 e. The largest absolute Gasteiger partial charge is 0.497 e. The summed E-state index contributed by atoms with van der Waals surface area (Å²) in [5.74, 6) is 0.766. The van der Waals surface area contributed by atoms with Gasteiger partial charge in [0.2, 0.25) is 0 Å². The summed E-state index contributed by atoms with van der Waals surface area (Å²) in [6.45, 7) is 5.04. The molecule has 112 valence electrons. The number of hydrogen-bond acceptors (Lipinski definition) is 2. The van der Waals surface area contributed by atoms with E-state index in [0.29, 0.717) is 5.02 Å². The van der Waals surface area contributed by atoms with Crippen molar-refractivity contribution in [3.8, 4) is 5.75 Å². The standard InChI is InChI=1S/C17H19BrClNO/c1-4-20-17(14-7-5-6-11(2)16(14)18)13-9-8-12(21-3)10-15(13)19/h5-10,17,20H,4H2,1-3H3. The van der Waals surface area contributed by atoms with Gasteiger partial charge in [0.15, 0.2) is 0 Å². The van der Waals surface area contributed by atoms with E-state index in [1.165, 1.54) is 11.1 Å². The lowest BCUT2D eigenvalue weighted by atomic mass is 9.97. The van der Waals surface area contributed by atoms with Gasteiger partial charge in [0.1, 0.15) is 5.75 Å². The molecule has 0 aliphatic carbocycles. The van der Waals surface area contributed by atoms with Gasteiger partial charge in [-0.15, -0.1) is 0 Å². The van der Waals surface area contributed by atoms with Crippen molar-refractivity contribution >= 4 is 27.5 Å². The molecule has 1 atom stereocenters. The van der Waals surface area contributed by atoms with Crippen molar-refractivity contribution in [1.29, 1.82) is 0 Å². The van der Waals surface area contributed by atoms with Gasteiger partial charge in [-0.05, 0) is 42.3 Å². The second kappa shape index (κ2) is 7.30. The zero-order valence-corrected chi connectivity index (χ0v) is 14.8. The van der Waals surface area contributed by atoms with Crippen LogP contribution in [0.5, 0.6) is 5.75 Å². The second-order valence-electron chi connectivity index (χ2n) is 4.86. The third-order valence-corrected chi connectivity index (χ3v) is 4.87. The van der Waals surface area contributed by atoms with E-state index in [1.807, 2.05) is 18.2 Å². The van der Waals surface area contributed by atoms with Gasteiger partial charge >= 0.3 is 0 Å². The lowest BCUT2D eigenvalue weighted by Crippen LogP contribution is -2.23. The Hall–Kier alpha value is -1.03. The molecule has 1 unspecified atom stereocenters. The molecule has 0 fully saturated rings. The van der Waals surface area contributed by atoms with Gasteiger partial charge in [0.05, 0.1) is 13.2 Å². The first-order chi connectivity index (χ1) is 10.1. The molecule has 0 saturated heterocycles. The highest BCUT2D eigenvalue weighted by Crippen LogP contribution is 2.35. The van der Waals surface area contributed by atoms with Gasteiger partial charge in [-0.2, -0.15) is 0 Å². The van der Waals surface area contributed by atoms with Crippen molar-refractivity contribution in [2.24, 2.45) is 0 Å². The predicted molar refractivity (Wildman–Crippen MR) is 92.4 cm³/mol. The molecule has 2 aromatic carbocycles. The Labute approximate surface area is 139 Å². The lowest BCUT2D eigenvalue weighted by molar-refractivity contribution is 0.414. The highest BCUT2D eigenvalue weighted by Gasteiger charge is 2.19. The number of ether oxygens (including phenoxy) is 1. The van der Waals surface area contributed by atoms with E-state index in [2.05, 4.69) is 53.3 Å². The topological polar surface area (TPSA) is 21.3 Å². The zero-order chi connectivity index (χ0) is 15.4. The summed E-state index contributed by atoms with van der Waals surface area (Å²) in [4.78, 5) is 0. The van der Waals surface area contributed by atoms with Crippen LogP contribution >= 0.6 is 27.5 Å². The van der Waals surface area contributed by atoms with Crippen LogP contribution in [0.4, 0.5) is 0 Å². The van der Waals surface area contributed by atoms with Gasteiger partial charge in [-0.25, -0.2) is 0 Å². The van der Waals surface area contributed by atoms with Gasteiger partial charge in [-0.1, -0.05) is 58.7 Å². The SMILES string of the molecule is CCNC(c1ccc(OC)cc1Cl)c1cccc(C)c1Br. The molecule has 0 aliphatic heterocycles. The van der Waals surface area contributed by atoms with Gasteiger partial charge in [0.25, 0.3) is 0 Å². The molecule has 4 heteroatoms. The van der Waals surface area contributed by atoms with Gasteiger partial charge in [-0.3, -0.25) is 0 Å². The Kier molecular flexibility index (Phi) is 5.68. The molecule has 0 spiro atoms. The van der Waals surface area contributed by atoms with E-state index in [1.54, 1.807) is 7.11 Å².